The number of likely N-dealkylation sites (tertiary alicyclic amines) is 1. The van der Waals surface area contributed by atoms with Crippen molar-refractivity contribution in [2.45, 2.75) is 32.6 Å². The van der Waals surface area contributed by atoms with Crippen LogP contribution in [0, 0.1) is 5.92 Å². The summed E-state index contributed by atoms with van der Waals surface area (Å²) in [5.41, 5.74) is 7.49. The second-order valence-electron chi connectivity index (χ2n) is 5.75. The predicted molar refractivity (Wildman–Crippen MR) is 88.1 cm³/mol. The van der Waals surface area contributed by atoms with Crippen molar-refractivity contribution in [2.24, 2.45) is 5.92 Å². The highest BCUT2D eigenvalue weighted by Crippen LogP contribution is 2.24. The molecule has 0 bridgehead atoms. The van der Waals surface area contributed by atoms with Gasteiger partial charge in [-0.15, -0.1) is 5.10 Å². The van der Waals surface area contributed by atoms with Crippen LogP contribution in [0.4, 0.5) is 5.82 Å². The van der Waals surface area contributed by atoms with Crippen molar-refractivity contribution < 1.29 is 4.79 Å². The van der Waals surface area contributed by atoms with Crippen LogP contribution in [0.15, 0.2) is 12.4 Å². The van der Waals surface area contributed by atoms with E-state index in [2.05, 4.69) is 19.6 Å². The summed E-state index contributed by atoms with van der Waals surface area (Å²) < 4.78 is 3.92. The zero-order valence-electron chi connectivity index (χ0n) is 13.1. The van der Waals surface area contributed by atoms with Crippen LogP contribution in [-0.4, -0.2) is 43.5 Å². The molecule has 0 saturated carbocycles. The number of aryl methyl sites for hydroxylation is 1. The zero-order chi connectivity index (χ0) is 16.2. The molecular formula is C15H20N6OS. The molecule has 8 heteroatoms. The molecule has 0 radical (unpaired) electrons. The van der Waals surface area contributed by atoms with Crippen LogP contribution in [0.25, 0.3) is 0 Å². The van der Waals surface area contributed by atoms with Crippen LogP contribution in [-0.2, 0) is 12.8 Å². The predicted octanol–water partition coefficient (Wildman–Crippen LogP) is 1.57. The standard InChI is InChI=1S/C15H20N6OS/c1-2-11-13(23-20-19-11)15(22)21-7-3-4-10(9-21)8-12-14(16)18-6-5-17-12/h5-6,10H,2-4,7-9H2,1H3,(H2,16,18). The molecule has 1 aliphatic heterocycles. The number of hydrogen-bond donors (Lipinski definition) is 1. The van der Waals surface area contributed by atoms with E-state index in [1.165, 1.54) is 11.5 Å². The first kappa shape index (κ1) is 15.8. The Morgan fingerprint density at radius 2 is 2.22 bits per heavy atom. The molecule has 1 saturated heterocycles. The molecular weight excluding hydrogens is 312 g/mol. The number of nitrogens with two attached hydrogens (primary N) is 1. The Kier molecular flexibility index (Phi) is 4.80. The van der Waals surface area contributed by atoms with Gasteiger partial charge in [0, 0.05) is 25.5 Å². The van der Waals surface area contributed by atoms with Gasteiger partial charge in [0.25, 0.3) is 5.91 Å². The molecule has 3 heterocycles. The number of carbonyl (C=O) groups is 1. The van der Waals surface area contributed by atoms with Gasteiger partial charge >= 0.3 is 0 Å². The van der Waals surface area contributed by atoms with Gasteiger partial charge in [-0.1, -0.05) is 11.4 Å². The molecule has 2 aromatic heterocycles. The van der Waals surface area contributed by atoms with E-state index in [0.29, 0.717) is 16.6 Å². The Morgan fingerprint density at radius 1 is 1.39 bits per heavy atom. The van der Waals surface area contributed by atoms with Gasteiger partial charge in [-0.3, -0.25) is 9.78 Å². The number of nitrogen functional groups attached to an aromatic ring is 1. The first-order valence-corrected chi connectivity index (χ1v) is 8.62. The molecule has 1 aliphatic rings. The molecule has 122 valence electrons. The maximum absolute atomic E-state index is 12.7. The highest BCUT2D eigenvalue weighted by atomic mass is 32.1. The number of anilines is 1. The number of carbonyl (C=O) groups excluding carboxylic acids is 1. The van der Waals surface area contributed by atoms with Crippen LogP contribution in [0.2, 0.25) is 0 Å². The van der Waals surface area contributed by atoms with E-state index in [0.717, 1.165) is 50.2 Å². The van der Waals surface area contributed by atoms with Gasteiger partial charge in [0.05, 0.1) is 11.4 Å². The zero-order valence-corrected chi connectivity index (χ0v) is 13.9. The summed E-state index contributed by atoms with van der Waals surface area (Å²) in [4.78, 5) is 23.7. The third kappa shape index (κ3) is 3.47. The maximum Gasteiger partial charge on any atom is 0.267 e. The largest absolute Gasteiger partial charge is 0.382 e. The van der Waals surface area contributed by atoms with Gasteiger partial charge in [0.1, 0.15) is 10.7 Å². The van der Waals surface area contributed by atoms with Crippen molar-refractivity contribution in [3.63, 3.8) is 0 Å². The lowest BCUT2D eigenvalue weighted by Crippen LogP contribution is -2.40. The van der Waals surface area contributed by atoms with E-state index in [4.69, 9.17) is 5.73 Å². The summed E-state index contributed by atoms with van der Waals surface area (Å²) in [7, 11) is 0. The summed E-state index contributed by atoms with van der Waals surface area (Å²) >= 11 is 1.19. The average molecular weight is 332 g/mol. The van der Waals surface area contributed by atoms with Crippen molar-refractivity contribution >= 4 is 23.3 Å². The van der Waals surface area contributed by atoms with Crippen LogP contribution in [0.1, 0.15) is 40.8 Å². The summed E-state index contributed by atoms with van der Waals surface area (Å²) in [6, 6.07) is 0. The third-order valence-corrected chi connectivity index (χ3v) is 4.94. The summed E-state index contributed by atoms with van der Waals surface area (Å²) in [5.74, 6) is 0.891. The third-order valence-electron chi connectivity index (χ3n) is 4.18. The molecule has 1 atom stereocenters. The van der Waals surface area contributed by atoms with Gasteiger partial charge in [-0.2, -0.15) is 0 Å². The maximum atomic E-state index is 12.7. The molecule has 0 aromatic carbocycles. The lowest BCUT2D eigenvalue weighted by Gasteiger charge is -2.32. The van der Waals surface area contributed by atoms with E-state index >= 15 is 0 Å². The molecule has 2 N–H and O–H groups in total. The normalized spacial score (nSPS) is 18.1. The highest BCUT2D eigenvalue weighted by Gasteiger charge is 2.28. The number of nitrogens with zero attached hydrogens (tertiary/aromatic N) is 5. The first-order chi connectivity index (χ1) is 11.2. The fourth-order valence-electron chi connectivity index (χ4n) is 2.97. The van der Waals surface area contributed by atoms with Gasteiger partial charge in [0.15, 0.2) is 0 Å². The monoisotopic (exact) mass is 332 g/mol. The van der Waals surface area contributed by atoms with E-state index in [1.807, 2.05) is 11.8 Å². The Bertz CT molecular complexity index is 688. The summed E-state index contributed by atoms with van der Waals surface area (Å²) in [5, 5.41) is 4.04. The topological polar surface area (TPSA) is 97.9 Å². The number of hydrogen-bond acceptors (Lipinski definition) is 7. The molecule has 0 spiro atoms. The highest BCUT2D eigenvalue weighted by molar-refractivity contribution is 7.08. The molecule has 1 fully saturated rings. The molecule has 1 amide bonds. The lowest BCUT2D eigenvalue weighted by molar-refractivity contribution is 0.0676. The Balaban J connectivity index is 1.69. The Morgan fingerprint density at radius 3 is 3.00 bits per heavy atom. The van der Waals surface area contributed by atoms with E-state index in [-0.39, 0.29) is 5.91 Å². The smallest absolute Gasteiger partial charge is 0.267 e. The van der Waals surface area contributed by atoms with E-state index in [1.54, 1.807) is 12.4 Å². The van der Waals surface area contributed by atoms with Crippen LogP contribution in [0.5, 0.6) is 0 Å². The van der Waals surface area contributed by atoms with Crippen molar-refractivity contribution in [1.82, 2.24) is 24.5 Å². The van der Waals surface area contributed by atoms with Gasteiger partial charge in [-0.25, -0.2) is 4.98 Å². The molecule has 1 unspecified atom stereocenters. The fourth-order valence-corrected chi connectivity index (χ4v) is 3.69. The minimum Gasteiger partial charge on any atom is -0.382 e. The fraction of sp³-hybridized carbons (Fsp3) is 0.533. The average Bonchev–Trinajstić information content (AvgIpc) is 3.05. The van der Waals surface area contributed by atoms with Crippen LogP contribution >= 0.6 is 11.5 Å². The summed E-state index contributed by atoms with van der Waals surface area (Å²) in [6.45, 7) is 3.49. The first-order valence-electron chi connectivity index (χ1n) is 7.85. The molecule has 2 aromatic rings. The minimum atomic E-state index is 0.0497. The second-order valence-corrected chi connectivity index (χ2v) is 6.51. The van der Waals surface area contributed by atoms with Gasteiger partial charge < -0.3 is 10.6 Å². The number of rotatable bonds is 4. The van der Waals surface area contributed by atoms with Gasteiger partial charge in [0.2, 0.25) is 0 Å². The molecule has 0 aliphatic carbocycles. The summed E-state index contributed by atoms with van der Waals surface area (Å²) in [6.07, 6.45) is 6.80. The lowest BCUT2D eigenvalue weighted by atomic mass is 9.93. The number of piperidine rings is 1. The molecule has 23 heavy (non-hydrogen) atoms. The minimum absolute atomic E-state index is 0.0497. The SMILES string of the molecule is CCc1nnsc1C(=O)N1CCCC(Cc2nccnc2N)C1. The van der Waals surface area contributed by atoms with Crippen LogP contribution < -0.4 is 5.73 Å². The second kappa shape index (κ2) is 6.99. The Hall–Kier alpha value is -2.09. The van der Waals surface area contributed by atoms with E-state index in [9.17, 15) is 4.79 Å². The molecule has 7 nitrogen and oxygen atoms in total. The Labute approximate surface area is 139 Å². The van der Waals surface area contributed by atoms with Crippen molar-refractivity contribution in [3.8, 4) is 0 Å². The quantitative estimate of drug-likeness (QED) is 0.912. The van der Waals surface area contributed by atoms with Crippen molar-refractivity contribution in [1.29, 1.82) is 0 Å². The number of amides is 1. The van der Waals surface area contributed by atoms with Crippen molar-refractivity contribution in [2.75, 3.05) is 18.8 Å². The van der Waals surface area contributed by atoms with Crippen molar-refractivity contribution in [3.05, 3.63) is 28.7 Å². The van der Waals surface area contributed by atoms with Crippen LogP contribution in [0.3, 0.4) is 0 Å². The van der Waals surface area contributed by atoms with Gasteiger partial charge in [-0.05, 0) is 43.1 Å². The van der Waals surface area contributed by atoms with E-state index < -0.39 is 0 Å². The number of aromatic nitrogens is 4. The molecule has 3 rings (SSSR count).